The zero-order valence-corrected chi connectivity index (χ0v) is 18.0. The third-order valence-electron chi connectivity index (χ3n) is 5.84. The fourth-order valence-electron chi connectivity index (χ4n) is 3.97. The van der Waals surface area contributed by atoms with Crippen LogP contribution in [0.5, 0.6) is 0 Å². The number of carbonyl (C=O) groups excluding carboxylic acids is 2. The van der Waals surface area contributed by atoms with Crippen LogP contribution in [-0.2, 0) is 11.3 Å². The maximum Gasteiger partial charge on any atom is 0.298 e. The summed E-state index contributed by atoms with van der Waals surface area (Å²) in [4.78, 5) is 31.3. The van der Waals surface area contributed by atoms with E-state index >= 15 is 0 Å². The molecule has 0 unspecified atom stereocenters. The van der Waals surface area contributed by atoms with E-state index in [0.29, 0.717) is 18.2 Å². The first-order valence-electron chi connectivity index (χ1n) is 11.0. The van der Waals surface area contributed by atoms with E-state index in [1.54, 1.807) is 24.3 Å². The van der Waals surface area contributed by atoms with Crippen molar-refractivity contribution in [1.29, 1.82) is 0 Å². The summed E-state index contributed by atoms with van der Waals surface area (Å²) in [6.07, 6.45) is 2.96. The normalized spacial score (nSPS) is 14.4. The van der Waals surface area contributed by atoms with Crippen molar-refractivity contribution in [2.45, 2.75) is 19.4 Å². The van der Waals surface area contributed by atoms with Gasteiger partial charge in [0.05, 0.1) is 6.26 Å². The van der Waals surface area contributed by atoms with Gasteiger partial charge in [-0.3, -0.25) is 9.59 Å². The van der Waals surface area contributed by atoms with Crippen molar-refractivity contribution in [2.24, 2.45) is 5.92 Å². The van der Waals surface area contributed by atoms with Crippen LogP contribution >= 0.6 is 0 Å². The van der Waals surface area contributed by atoms with Gasteiger partial charge in [-0.25, -0.2) is 0 Å². The number of oxazole rings is 1. The van der Waals surface area contributed by atoms with Gasteiger partial charge >= 0.3 is 0 Å². The summed E-state index contributed by atoms with van der Waals surface area (Å²) < 4.78 is 10.9. The van der Waals surface area contributed by atoms with Gasteiger partial charge in [-0.2, -0.15) is 4.98 Å². The van der Waals surface area contributed by atoms with Crippen molar-refractivity contribution < 1.29 is 18.4 Å². The van der Waals surface area contributed by atoms with Crippen molar-refractivity contribution in [3.05, 3.63) is 78.3 Å². The summed E-state index contributed by atoms with van der Waals surface area (Å²) >= 11 is 0. The van der Waals surface area contributed by atoms with E-state index in [9.17, 15) is 9.59 Å². The molecule has 0 aliphatic carbocycles. The van der Waals surface area contributed by atoms with Gasteiger partial charge in [0.15, 0.2) is 11.3 Å². The number of hydrogen-bond acceptors (Lipinski definition) is 6. The quantitative estimate of drug-likeness (QED) is 0.462. The van der Waals surface area contributed by atoms with Gasteiger partial charge in [0.25, 0.3) is 11.9 Å². The molecule has 1 aliphatic rings. The Bertz CT molecular complexity index is 1210. The van der Waals surface area contributed by atoms with Gasteiger partial charge in [-0.15, -0.1) is 0 Å². The number of amides is 2. The van der Waals surface area contributed by atoms with Gasteiger partial charge in [0.1, 0.15) is 5.52 Å². The van der Waals surface area contributed by atoms with Crippen LogP contribution in [0.25, 0.3) is 11.1 Å². The Kier molecular flexibility index (Phi) is 5.80. The second-order valence-electron chi connectivity index (χ2n) is 8.07. The zero-order valence-electron chi connectivity index (χ0n) is 18.0. The van der Waals surface area contributed by atoms with Crippen LogP contribution in [0.15, 0.2) is 75.8 Å². The number of rotatable bonds is 6. The van der Waals surface area contributed by atoms with Crippen molar-refractivity contribution in [3.63, 3.8) is 0 Å². The molecule has 0 radical (unpaired) electrons. The van der Waals surface area contributed by atoms with Gasteiger partial charge in [0, 0.05) is 31.2 Å². The maximum atomic E-state index is 12.7. The Morgan fingerprint density at radius 2 is 1.79 bits per heavy atom. The lowest BCUT2D eigenvalue weighted by molar-refractivity contribution is -0.125. The number of para-hydroxylation sites is 2. The number of hydrogen-bond donors (Lipinski definition) is 2. The molecule has 2 amide bonds. The number of nitrogens with one attached hydrogen (secondary N) is 2. The minimum Gasteiger partial charge on any atom is -0.459 e. The lowest BCUT2D eigenvalue weighted by Gasteiger charge is -2.30. The summed E-state index contributed by atoms with van der Waals surface area (Å²) in [5.41, 5.74) is 3.25. The first kappa shape index (κ1) is 20.8. The van der Waals surface area contributed by atoms with Crippen LogP contribution in [0.3, 0.4) is 0 Å². The van der Waals surface area contributed by atoms with Crippen LogP contribution < -0.4 is 15.5 Å². The molecule has 8 nitrogen and oxygen atoms in total. The number of nitrogens with zero attached hydrogens (tertiary/aromatic N) is 2. The summed E-state index contributed by atoms with van der Waals surface area (Å²) in [5.74, 6) is -0.0152. The number of carbonyl (C=O) groups is 2. The van der Waals surface area contributed by atoms with E-state index in [1.165, 1.54) is 6.26 Å². The highest BCUT2D eigenvalue weighted by Crippen LogP contribution is 2.26. The fourth-order valence-corrected chi connectivity index (χ4v) is 3.97. The lowest BCUT2D eigenvalue weighted by atomic mass is 9.96. The molecule has 2 aromatic carbocycles. The predicted molar refractivity (Wildman–Crippen MR) is 124 cm³/mol. The number of fused-ring (bicyclic) bond motifs is 1. The Hall–Kier alpha value is -4.07. The molecular weight excluding hydrogens is 420 g/mol. The lowest BCUT2D eigenvalue weighted by Crippen LogP contribution is -2.40. The van der Waals surface area contributed by atoms with Crippen LogP contribution in [0.2, 0.25) is 0 Å². The average molecular weight is 444 g/mol. The standard InChI is InChI=1S/C25H24N4O4/c30-23(18-11-13-29(14-12-18)25-28-20-4-1-2-5-21(20)33-25)26-16-17-7-9-19(10-8-17)27-24(31)22-6-3-15-32-22/h1-10,15,18H,11-14,16H2,(H,26,30)(H,27,31). The molecule has 33 heavy (non-hydrogen) atoms. The van der Waals surface area contributed by atoms with Crippen LogP contribution in [-0.4, -0.2) is 29.9 Å². The molecule has 1 saturated heterocycles. The van der Waals surface area contributed by atoms with Crippen molar-refractivity contribution in [2.75, 3.05) is 23.3 Å². The minimum absolute atomic E-state index is 0.0301. The van der Waals surface area contributed by atoms with E-state index in [2.05, 4.69) is 20.5 Å². The minimum atomic E-state index is -0.301. The maximum absolute atomic E-state index is 12.7. The van der Waals surface area contributed by atoms with E-state index < -0.39 is 0 Å². The third kappa shape index (κ3) is 4.74. The first-order chi connectivity index (χ1) is 16.2. The number of aromatic nitrogens is 1. The second-order valence-corrected chi connectivity index (χ2v) is 8.07. The molecule has 4 aromatic rings. The Balaban J connectivity index is 1.09. The molecule has 0 atom stereocenters. The summed E-state index contributed by atoms with van der Waals surface area (Å²) in [5, 5.41) is 5.81. The molecule has 2 aromatic heterocycles. The van der Waals surface area contributed by atoms with Gasteiger partial charge < -0.3 is 24.4 Å². The highest BCUT2D eigenvalue weighted by molar-refractivity contribution is 6.02. The molecule has 0 spiro atoms. The summed E-state index contributed by atoms with van der Waals surface area (Å²) in [6.45, 7) is 1.90. The topological polar surface area (TPSA) is 101 Å². The molecule has 0 bridgehead atoms. The van der Waals surface area contributed by atoms with E-state index in [-0.39, 0.29) is 23.5 Å². The molecule has 1 fully saturated rings. The number of piperidine rings is 1. The molecule has 8 heteroatoms. The van der Waals surface area contributed by atoms with Crippen molar-refractivity contribution in [1.82, 2.24) is 10.3 Å². The molecule has 5 rings (SSSR count). The van der Waals surface area contributed by atoms with Crippen LogP contribution in [0, 0.1) is 5.92 Å². The van der Waals surface area contributed by atoms with E-state index in [1.807, 2.05) is 36.4 Å². The van der Waals surface area contributed by atoms with Crippen molar-refractivity contribution >= 4 is 34.6 Å². The Labute approximate surface area is 190 Å². The number of furan rings is 1. The molecule has 1 aliphatic heterocycles. The zero-order chi connectivity index (χ0) is 22.6. The highest BCUT2D eigenvalue weighted by Gasteiger charge is 2.27. The molecule has 3 heterocycles. The largest absolute Gasteiger partial charge is 0.459 e. The van der Waals surface area contributed by atoms with Gasteiger partial charge in [-0.05, 0) is 54.8 Å². The Morgan fingerprint density at radius 3 is 2.52 bits per heavy atom. The molecule has 0 saturated carbocycles. The second kappa shape index (κ2) is 9.20. The first-order valence-corrected chi connectivity index (χ1v) is 11.0. The summed E-state index contributed by atoms with van der Waals surface area (Å²) in [7, 11) is 0. The average Bonchev–Trinajstić information content (AvgIpc) is 3.54. The van der Waals surface area contributed by atoms with Gasteiger partial charge in [-0.1, -0.05) is 24.3 Å². The van der Waals surface area contributed by atoms with E-state index in [4.69, 9.17) is 8.83 Å². The highest BCUT2D eigenvalue weighted by atomic mass is 16.4. The predicted octanol–water partition coefficient (Wildman–Crippen LogP) is 4.21. The molecule has 168 valence electrons. The van der Waals surface area contributed by atoms with Crippen molar-refractivity contribution in [3.8, 4) is 0 Å². The van der Waals surface area contributed by atoms with Gasteiger partial charge in [0.2, 0.25) is 5.91 Å². The Morgan fingerprint density at radius 1 is 1.00 bits per heavy atom. The fraction of sp³-hybridized carbons (Fsp3) is 0.240. The third-order valence-corrected chi connectivity index (χ3v) is 5.84. The number of anilines is 2. The molecule has 2 N–H and O–H groups in total. The smallest absolute Gasteiger partial charge is 0.298 e. The monoisotopic (exact) mass is 444 g/mol. The number of benzene rings is 2. The van der Waals surface area contributed by atoms with Crippen LogP contribution in [0.4, 0.5) is 11.7 Å². The van der Waals surface area contributed by atoms with Crippen LogP contribution in [0.1, 0.15) is 29.0 Å². The van der Waals surface area contributed by atoms with E-state index in [0.717, 1.165) is 42.6 Å². The summed E-state index contributed by atoms with van der Waals surface area (Å²) in [6, 6.07) is 19.0. The molecular formula is C25H24N4O4. The SMILES string of the molecule is O=C(Nc1ccc(CNC(=O)C2CCN(c3nc4ccccc4o3)CC2)cc1)c1ccco1.